The van der Waals surface area contributed by atoms with Crippen LogP contribution in [-0.4, -0.2) is 29.9 Å². The van der Waals surface area contributed by atoms with Crippen LogP contribution in [0.3, 0.4) is 0 Å². The van der Waals surface area contributed by atoms with Crippen molar-refractivity contribution in [1.29, 1.82) is 0 Å². The molecule has 1 fully saturated rings. The first kappa shape index (κ1) is 21.6. The van der Waals surface area contributed by atoms with Crippen molar-refractivity contribution in [2.24, 2.45) is 5.92 Å². The van der Waals surface area contributed by atoms with Gasteiger partial charge in [0.1, 0.15) is 0 Å². The van der Waals surface area contributed by atoms with Crippen molar-refractivity contribution in [3.8, 4) is 0 Å². The van der Waals surface area contributed by atoms with Gasteiger partial charge in [0.05, 0.1) is 6.04 Å². The fourth-order valence-electron chi connectivity index (χ4n) is 4.20. The maximum atomic E-state index is 13.2. The normalized spacial score (nSPS) is 16.2. The molecule has 0 aromatic heterocycles. The zero-order valence-corrected chi connectivity index (χ0v) is 18.4. The summed E-state index contributed by atoms with van der Waals surface area (Å²) in [4.78, 5) is 15.3. The molecule has 0 saturated carbocycles. The highest BCUT2D eigenvalue weighted by Crippen LogP contribution is 2.29. The number of rotatable bonds is 7. The van der Waals surface area contributed by atoms with Gasteiger partial charge in [0, 0.05) is 19.6 Å². The van der Waals surface area contributed by atoms with Gasteiger partial charge in [0.2, 0.25) is 5.91 Å². The first-order valence-electron chi connectivity index (χ1n) is 11.1. The molecule has 1 atom stereocenters. The molecule has 3 heteroatoms. The van der Waals surface area contributed by atoms with E-state index in [9.17, 15) is 4.79 Å². The Labute approximate surface area is 176 Å². The van der Waals surface area contributed by atoms with E-state index >= 15 is 0 Å². The van der Waals surface area contributed by atoms with Crippen LogP contribution in [0.1, 0.15) is 61.8 Å². The molecule has 0 bridgehead atoms. The molecule has 2 aromatic rings. The van der Waals surface area contributed by atoms with Crippen molar-refractivity contribution >= 4 is 5.91 Å². The second-order valence-corrected chi connectivity index (χ2v) is 8.78. The third-order valence-corrected chi connectivity index (χ3v) is 6.25. The Morgan fingerprint density at radius 1 is 1.00 bits per heavy atom. The Morgan fingerprint density at radius 3 is 2.14 bits per heavy atom. The average molecular weight is 393 g/mol. The number of hydrogen-bond acceptors (Lipinski definition) is 2. The van der Waals surface area contributed by atoms with Gasteiger partial charge >= 0.3 is 0 Å². The Morgan fingerprint density at radius 2 is 1.59 bits per heavy atom. The van der Waals surface area contributed by atoms with E-state index in [1.54, 1.807) is 0 Å². The van der Waals surface area contributed by atoms with Gasteiger partial charge in [-0.25, -0.2) is 0 Å². The van der Waals surface area contributed by atoms with E-state index in [0.717, 1.165) is 38.9 Å². The number of aryl methyl sites for hydroxylation is 2. The van der Waals surface area contributed by atoms with Gasteiger partial charge in [0.15, 0.2) is 0 Å². The second kappa shape index (κ2) is 10.1. The summed E-state index contributed by atoms with van der Waals surface area (Å²) < 4.78 is 0. The summed E-state index contributed by atoms with van der Waals surface area (Å²) in [6.07, 6.45) is 3.19. The Hall–Kier alpha value is -2.13. The predicted molar refractivity (Wildman–Crippen MR) is 121 cm³/mol. The van der Waals surface area contributed by atoms with E-state index in [1.165, 1.54) is 22.3 Å². The summed E-state index contributed by atoms with van der Waals surface area (Å²) in [5, 5.41) is 3.52. The summed E-state index contributed by atoms with van der Waals surface area (Å²) >= 11 is 0. The summed E-state index contributed by atoms with van der Waals surface area (Å²) in [6, 6.07) is 17.5. The molecule has 1 unspecified atom stereocenters. The minimum absolute atomic E-state index is 0.128. The lowest BCUT2D eigenvalue weighted by Gasteiger charge is -2.35. The van der Waals surface area contributed by atoms with Crippen LogP contribution in [0.15, 0.2) is 48.5 Å². The largest absolute Gasteiger partial charge is 0.341 e. The van der Waals surface area contributed by atoms with Crippen LogP contribution in [0.25, 0.3) is 0 Å². The molecule has 0 spiro atoms. The first-order chi connectivity index (χ1) is 14.0. The Balaban J connectivity index is 1.55. The highest BCUT2D eigenvalue weighted by atomic mass is 16.2. The molecule has 3 rings (SSSR count). The summed E-state index contributed by atoms with van der Waals surface area (Å²) in [5.74, 6) is 1.10. The molecular weight excluding hydrogens is 356 g/mol. The molecule has 0 aliphatic carbocycles. The lowest BCUT2D eigenvalue weighted by Crippen LogP contribution is -2.51. The molecule has 0 radical (unpaired) electrons. The number of carbonyl (C=O) groups is 1. The molecule has 156 valence electrons. The van der Waals surface area contributed by atoms with Crippen LogP contribution in [0.4, 0.5) is 0 Å². The third kappa shape index (κ3) is 5.70. The lowest BCUT2D eigenvalue weighted by atomic mass is 9.88. The molecule has 3 nitrogen and oxygen atoms in total. The molecule has 1 heterocycles. The zero-order chi connectivity index (χ0) is 20.8. The van der Waals surface area contributed by atoms with Crippen molar-refractivity contribution in [3.05, 3.63) is 70.8 Å². The number of nitrogens with one attached hydrogen (secondary N) is 1. The standard InChI is InChI=1S/C26H36N2O/c1-5-21-10-12-23(13-11-21)24-14-16-28(17-15-24)26(29)25(19(2)3)27-18-22-8-6-20(4)7-9-22/h6-13,19,24-25,27H,5,14-18H2,1-4H3. The van der Waals surface area contributed by atoms with Gasteiger partial charge in [-0.05, 0) is 54.7 Å². The lowest BCUT2D eigenvalue weighted by molar-refractivity contribution is -0.135. The average Bonchev–Trinajstić information content (AvgIpc) is 2.75. The fourth-order valence-corrected chi connectivity index (χ4v) is 4.20. The number of piperidine rings is 1. The fraction of sp³-hybridized carbons (Fsp3) is 0.500. The highest BCUT2D eigenvalue weighted by molar-refractivity contribution is 5.82. The molecule has 1 aliphatic rings. The maximum Gasteiger partial charge on any atom is 0.239 e. The maximum absolute atomic E-state index is 13.2. The van der Waals surface area contributed by atoms with Gasteiger partial charge in [-0.3, -0.25) is 4.79 Å². The molecule has 1 aliphatic heterocycles. The smallest absolute Gasteiger partial charge is 0.239 e. The monoisotopic (exact) mass is 392 g/mol. The number of carbonyl (C=O) groups excluding carboxylic acids is 1. The van der Waals surface area contributed by atoms with Crippen molar-refractivity contribution in [2.75, 3.05) is 13.1 Å². The highest BCUT2D eigenvalue weighted by Gasteiger charge is 2.30. The van der Waals surface area contributed by atoms with E-state index < -0.39 is 0 Å². The molecule has 29 heavy (non-hydrogen) atoms. The molecular formula is C26H36N2O. The van der Waals surface area contributed by atoms with Gasteiger partial charge in [-0.1, -0.05) is 74.9 Å². The summed E-state index contributed by atoms with van der Waals surface area (Å²) in [7, 11) is 0. The van der Waals surface area contributed by atoms with Crippen LogP contribution in [-0.2, 0) is 17.8 Å². The SMILES string of the molecule is CCc1ccc(C2CCN(C(=O)C(NCc3ccc(C)cc3)C(C)C)CC2)cc1. The van der Waals surface area contributed by atoms with Crippen molar-refractivity contribution in [1.82, 2.24) is 10.2 Å². The summed E-state index contributed by atoms with van der Waals surface area (Å²) in [5.41, 5.74) is 5.30. The van der Waals surface area contributed by atoms with Gasteiger partial charge in [-0.2, -0.15) is 0 Å². The molecule has 1 saturated heterocycles. The van der Waals surface area contributed by atoms with Gasteiger partial charge in [0.25, 0.3) is 0 Å². The van der Waals surface area contributed by atoms with E-state index in [-0.39, 0.29) is 17.9 Å². The predicted octanol–water partition coefficient (Wildman–Crippen LogP) is 5.08. The molecule has 1 N–H and O–H groups in total. The topological polar surface area (TPSA) is 32.3 Å². The van der Waals surface area contributed by atoms with E-state index in [0.29, 0.717) is 5.92 Å². The first-order valence-corrected chi connectivity index (χ1v) is 11.1. The van der Waals surface area contributed by atoms with Crippen molar-refractivity contribution in [3.63, 3.8) is 0 Å². The van der Waals surface area contributed by atoms with E-state index in [2.05, 4.69) is 86.4 Å². The zero-order valence-electron chi connectivity index (χ0n) is 18.4. The van der Waals surface area contributed by atoms with Crippen LogP contribution < -0.4 is 5.32 Å². The number of hydrogen-bond donors (Lipinski definition) is 1. The van der Waals surface area contributed by atoms with Crippen LogP contribution in [0, 0.1) is 12.8 Å². The number of amides is 1. The third-order valence-electron chi connectivity index (χ3n) is 6.25. The minimum Gasteiger partial charge on any atom is -0.341 e. The van der Waals surface area contributed by atoms with Crippen LogP contribution in [0.2, 0.25) is 0 Å². The van der Waals surface area contributed by atoms with Crippen molar-refractivity contribution in [2.45, 2.75) is 65.5 Å². The number of nitrogens with zero attached hydrogens (tertiary/aromatic N) is 1. The summed E-state index contributed by atoms with van der Waals surface area (Å²) in [6.45, 7) is 11.0. The molecule has 1 amide bonds. The van der Waals surface area contributed by atoms with Crippen molar-refractivity contribution < 1.29 is 4.79 Å². The van der Waals surface area contributed by atoms with Crippen LogP contribution >= 0.6 is 0 Å². The van der Waals surface area contributed by atoms with Gasteiger partial charge in [-0.15, -0.1) is 0 Å². The quantitative estimate of drug-likeness (QED) is 0.713. The minimum atomic E-state index is -0.128. The Kier molecular flexibility index (Phi) is 7.49. The number of benzene rings is 2. The Bertz CT molecular complexity index is 771. The van der Waals surface area contributed by atoms with E-state index in [4.69, 9.17) is 0 Å². The van der Waals surface area contributed by atoms with E-state index in [1.807, 2.05) is 0 Å². The number of likely N-dealkylation sites (tertiary alicyclic amines) is 1. The van der Waals surface area contributed by atoms with Gasteiger partial charge < -0.3 is 10.2 Å². The molecule has 2 aromatic carbocycles. The van der Waals surface area contributed by atoms with Crippen LogP contribution in [0.5, 0.6) is 0 Å². The second-order valence-electron chi connectivity index (χ2n) is 8.78.